The van der Waals surface area contributed by atoms with Gasteiger partial charge < -0.3 is 0 Å². The Morgan fingerprint density at radius 3 is 1.42 bits per heavy atom. The van der Waals surface area contributed by atoms with Crippen LogP contribution in [0.3, 0.4) is 0 Å². The summed E-state index contributed by atoms with van der Waals surface area (Å²) in [6, 6.07) is 0. The summed E-state index contributed by atoms with van der Waals surface area (Å²) in [5.74, 6) is 0. The third kappa shape index (κ3) is 19.4. The SMILES string of the molecule is CCCCCCCO[P+](=O)OCCCCCCC.[Nd]. The van der Waals surface area contributed by atoms with Gasteiger partial charge in [-0.2, -0.15) is 0 Å². The zero-order valence-corrected chi connectivity index (χ0v) is 16.8. The van der Waals surface area contributed by atoms with Crippen LogP contribution in [0.5, 0.6) is 0 Å². The predicted octanol–water partition coefficient (Wildman–Crippen LogP) is 5.62. The van der Waals surface area contributed by atoms with Gasteiger partial charge in [-0.3, -0.25) is 0 Å². The molecule has 0 heterocycles. The molecule has 0 fully saturated rings. The number of rotatable bonds is 14. The van der Waals surface area contributed by atoms with Crippen molar-refractivity contribution in [2.45, 2.75) is 78.1 Å². The molecule has 5 heteroatoms. The van der Waals surface area contributed by atoms with Gasteiger partial charge in [0.2, 0.25) is 0 Å². The minimum atomic E-state index is -1.88. The first-order valence-corrected chi connectivity index (χ1v) is 8.63. The molecular weight excluding hydrogens is 391 g/mol. The molecule has 112 valence electrons. The third-order valence-electron chi connectivity index (χ3n) is 2.89. The first-order chi connectivity index (χ1) is 8.81. The van der Waals surface area contributed by atoms with Gasteiger partial charge in [0.25, 0.3) is 0 Å². The van der Waals surface area contributed by atoms with Gasteiger partial charge in [-0.1, -0.05) is 65.2 Å². The standard InChI is InChI=1S/C14H30O3P.Nd/c1-3-5-7-9-11-13-16-18(15)17-14-12-10-8-6-4-2;/h3-14H2,1-2H3;/q+1;. The van der Waals surface area contributed by atoms with E-state index in [2.05, 4.69) is 13.8 Å². The molecule has 0 radical (unpaired) electrons. The van der Waals surface area contributed by atoms with E-state index < -0.39 is 8.25 Å². The van der Waals surface area contributed by atoms with Gasteiger partial charge in [0.15, 0.2) is 0 Å². The molecule has 0 aromatic heterocycles. The van der Waals surface area contributed by atoms with Crippen LogP contribution < -0.4 is 0 Å². The summed E-state index contributed by atoms with van der Waals surface area (Å²) in [4.78, 5) is 0. The van der Waals surface area contributed by atoms with Crippen molar-refractivity contribution >= 4 is 8.25 Å². The molecule has 0 aromatic carbocycles. The van der Waals surface area contributed by atoms with Crippen molar-refractivity contribution in [2.75, 3.05) is 13.2 Å². The number of hydrogen-bond acceptors (Lipinski definition) is 3. The molecule has 19 heavy (non-hydrogen) atoms. The van der Waals surface area contributed by atoms with Crippen LogP contribution in [0.2, 0.25) is 0 Å². The Labute approximate surface area is 153 Å². The summed E-state index contributed by atoms with van der Waals surface area (Å²) < 4.78 is 21.6. The third-order valence-corrected chi connectivity index (χ3v) is 3.68. The van der Waals surface area contributed by atoms with Crippen molar-refractivity contribution in [3.05, 3.63) is 0 Å². The van der Waals surface area contributed by atoms with Crippen molar-refractivity contribution in [2.24, 2.45) is 0 Å². The van der Waals surface area contributed by atoms with E-state index in [9.17, 15) is 4.57 Å². The average molecular weight is 422 g/mol. The average Bonchev–Trinajstić information content (AvgIpc) is 2.38. The molecular formula is C14H30NdO3P+. The summed E-state index contributed by atoms with van der Waals surface area (Å²) in [5, 5.41) is 0. The first kappa shape index (κ1) is 22.6. The summed E-state index contributed by atoms with van der Waals surface area (Å²) in [7, 11) is -1.88. The molecule has 0 N–H and O–H groups in total. The summed E-state index contributed by atoms with van der Waals surface area (Å²) in [6.45, 7) is 5.52. The Morgan fingerprint density at radius 1 is 0.684 bits per heavy atom. The summed E-state index contributed by atoms with van der Waals surface area (Å²) in [6.07, 6.45) is 11.8. The minimum absolute atomic E-state index is 0. The van der Waals surface area contributed by atoms with Gasteiger partial charge in [-0.25, -0.2) is 0 Å². The number of hydrogen-bond donors (Lipinski definition) is 0. The van der Waals surface area contributed by atoms with E-state index in [1.165, 1.54) is 38.5 Å². The minimum Gasteiger partial charge on any atom is -0.119 e. The molecule has 3 nitrogen and oxygen atoms in total. The fraction of sp³-hybridized carbons (Fsp3) is 1.00. The maximum absolute atomic E-state index is 11.3. The van der Waals surface area contributed by atoms with E-state index in [0.29, 0.717) is 13.2 Å². The van der Waals surface area contributed by atoms with Crippen LogP contribution in [-0.2, 0) is 13.6 Å². The normalized spacial score (nSPS) is 10.2. The molecule has 0 aliphatic rings. The molecule has 0 spiro atoms. The molecule has 0 aliphatic heterocycles. The molecule has 0 unspecified atom stereocenters. The van der Waals surface area contributed by atoms with E-state index in [0.717, 1.165) is 25.7 Å². The van der Waals surface area contributed by atoms with Gasteiger partial charge in [-0.05, 0) is 12.8 Å². The van der Waals surface area contributed by atoms with Gasteiger partial charge in [0.1, 0.15) is 13.2 Å². The molecule has 0 saturated heterocycles. The van der Waals surface area contributed by atoms with Crippen molar-refractivity contribution in [3.63, 3.8) is 0 Å². The maximum Gasteiger partial charge on any atom is 0.697 e. The smallest absolute Gasteiger partial charge is 0.119 e. The van der Waals surface area contributed by atoms with E-state index in [1.807, 2.05) is 0 Å². The van der Waals surface area contributed by atoms with Crippen LogP contribution in [0.25, 0.3) is 0 Å². The van der Waals surface area contributed by atoms with Crippen LogP contribution in [0.1, 0.15) is 78.1 Å². The summed E-state index contributed by atoms with van der Waals surface area (Å²) >= 11 is 0. The fourth-order valence-electron chi connectivity index (χ4n) is 1.73. The Kier molecular flexibility index (Phi) is 23.1. The number of unbranched alkanes of at least 4 members (excludes halogenated alkanes) is 8. The quantitative estimate of drug-likeness (QED) is 0.270. The molecule has 0 saturated carbocycles. The molecule has 0 atom stereocenters. The zero-order chi connectivity index (χ0) is 13.5. The second-order valence-electron chi connectivity index (χ2n) is 4.72. The second-order valence-corrected chi connectivity index (χ2v) is 5.68. The van der Waals surface area contributed by atoms with Crippen LogP contribution in [0.15, 0.2) is 0 Å². The van der Waals surface area contributed by atoms with Crippen molar-refractivity contribution in [3.8, 4) is 0 Å². The predicted molar refractivity (Wildman–Crippen MR) is 77.0 cm³/mol. The Hall–Kier alpha value is 1.37. The van der Waals surface area contributed by atoms with E-state index >= 15 is 0 Å². The second kappa shape index (κ2) is 19.4. The van der Waals surface area contributed by atoms with Crippen LogP contribution in [0.4, 0.5) is 0 Å². The Morgan fingerprint density at radius 2 is 1.05 bits per heavy atom. The molecule has 0 amide bonds. The van der Waals surface area contributed by atoms with E-state index in [-0.39, 0.29) is 40.8 Å². The van der Waals surface area contributed by atoms with Crippen molar-refractivity contribution < 1.29 is 54.5 Å². The van der Waals surface area contributed by atoms with Gasteiger partial charge in [0.05, 0.1) is 0 Å². The largest absolute Gasteiger partial charge is 0.697 e. The van der Waals surface area contributed by atoms with E-state index in [1.54, 1.807) is 0 Å². The molecule has 0 rings (SSSR count). The van der Waals surface area contributed by atoms with Crippen molar-refractivity contribution in [1.82, 2.24) is 0 Å². The maximum atomic E-state index is 11.3. The van der Waals surface area contributed by atoms with E-state index in [4.69, 9.17) is 9.05 Å². The fourth-order valence-corrected chi connectivity index (χ4v) is 2.36. The molecule has 0 bridgehead atoms. The Bertz CT molecular complexity index is 174. The van der Waals surface area contributed by atoms with Gasteiger partial charge >= 0.3 is 8.25 Å². The summed E-state index contributed by atoms with van der Waals surface area (Å²) in [5.41, 5.74) is 0. The monoisotopic (exact) mass is 419 g/mol. The van der Waals surface area contributed by atoms with Crippen LogP contribution in [-0.4, -0.2) is 13.2 Å². The molecule has 0 aliphatic carbocycles. The molecule has 0 aromatic rings. The topological polar surface area (TPSA) is 35.5 Å². The van der Waals surface area contributed by atoms with Crippen LogP contribution in [0, 0.1) is 40.8 Å². The van der Waals surface area contributed by atoms with Crippen molar-refractivity contribution in [1.29, 1.82) is 0 Å². The van der Waals surface area contributed by atoms with Gasteiger partial charge in [-0.15, -0.1) is 9.05 Å². The van der Waals surface area contributed by atoms with Crippen LogP contribution >= 0.6 is 8.25 Å². The Balaban J connectivity index is 0. The zero-order valence-electron chi connectivity index (χ0n) is 12.7. The van der Waals surface area contributed by atoms with Gasteiger partial charge in [0, 0.05) is 45.4 Å². The first-order valence-electron chi connectivity index (χ1n) is 7.54.